The average Bonchev–Trinajstić information content (AvgIpc) is 3.20. The van der Waals surface area contributed by atoms with Gasteiger partial charge in [0.05, 0.1) is 17.6 Å². The molecule has 4 rings (SSSR count). The number of hydrogen-bond donors (Lipinski definition) is 3. The van der Waals surface area contributed by atoms with E-state index in [1.54, 1.807) is 36.4 Å². The number of nitrogens with zero attached hydrogens (tertiary/aromatic N) is 1. The molecule has 2 aromatic carbocycles. The summed E-state index contributed by atoms with van der Waals surface area (Å²) in [6.45, 7) is 2.06. The Labute approximate surface area is 211 Å². The van der Waals surface area contributed by atoms with Gasteiger partial charge in [-0.1, -0.05) is 18.2 Å². The van der Waals surface area contributed by atoms with E-state index in [1.807, 2.05) is 13.0 Å². The van der Waals surface area contributed by atoms with Gasteiger partial charge in [0, 0.05) is 30.4 Å². The minimum Gasteiger partial charge on any atom is -0.462 e. The number of thioether (sulfide) groups is 1. The quantitative estimate of drug-likeness (QED) is 0.393. The van der Waals surface area contributed by atoms with Gasteiger partial charge in [0.1, 0.15) is 11.4 Å². The number of anilines is 2. The molecule has 1 fully saturated rings. The molecule has 186 valence electrons. The standard InChI is InChI=1S/C26H25FN4O4S/c1-15-9-23(26(34)35-15)36-14-24(32)30-19-4-2-3-16(10-19)20-11-17(5-6-18(20)12-28)25(33)31-22-7-8-29-13-21(22)27/h2-8,10-11,13,15,23H,9,12,14,28H2,1H3,(H,30,32)(H,29,31,33). The molecule has 10 heteroatoms. The molecule has 2 unspecified atom stereocenters. The summed E-state index contributed by atoms with van der Waals surface area (Å²) in [5.74, 6) is -1.52. The zero-order chi connectivity index (χ0) is 25.7. The monoisotopic (exact) mass is 508 g/mol. The molecule has 1 aliphatic rings. The summed E-state index contributed by atoms with van der Waals surface area (Å²) in [5.41, 5.74) is 9.11. The number of amides is 2. The zero-order valence-electron chi connectivity index (χ0n) is 19.5. The summed E-state index contributed by atoms with van der Waals surface area (Å²) in [5, 5.41) is 5.06. The SMILES string of the molecule is CC1CC(SCC(=O)Nc2cccc(-c3cc(C(=O)Nc4ccncc4F)ccc3CN)c2)C(=O)O1. The van der Waals surface area contributed by atoms with Crippen LogP contribution in [0.25, 0.3) is 11.1 Å². The molecule has 0 bridgehead atoms. The largest absolute Gasteiger partial charge is 0.462 e. The molecule has 2 atom stereocenters. The number of aromatic nitrogens is 1. The van der Waals surface area contributed by atoms with Gasteiger partial charge >= 0.3 is 5.97 Å². The van der Waals surface area contributed by atoms with Gasteiger partial charge in [-0.3, -0.25) is 19.4 Å². The molecule has 0 aliphatic carbocycles. The Kier molecular flexibility index (Phi) is 7.97. The minimum absolute atomic E-state index is 0.0300. The van der Waals surface area contributed by atoms with Crippen LogP contribution in [0.4, 0.5) is 15.8 Å². The summed E-state index contributed by atoms with van der Waals surface area (Å²) in [6, 6.07) is 13.6. The molecule has 1 aliphatic heterocycles. The third-order valence-electron chi connectivity index (χ3n) is 5.61. The molecule has 8 nitrogen and oxygen atoms in total. The molecule has 4 N–H and O–H groups in total. The molecule has 1 aromatic heterocycles. The fourth-order valence-corrected chi connectivity index (χ4v) is 4.85. The summed E-state index contributed by atoms with van der Waals surface area (Å²) in [6.07, 6.45) is 2.87. The number of nitrogens with two attached hydrogens (primary N) is 1. The molecule has 0 radical (unpaired) electrons. The Hall–Kier alpha value is -3.76. The highest BCUT2D eigenvalue weighted by Gasteiger charge is 2.32. The number of esters is 1. The second-order valence-corrected chi connectivity index (χ2v) is 9.49. The topological polar surface area (TPSA) is 123 Å². The first-order chi connectivity index (χ1) is 17.3. The first-order valence-electron chi connectivity index (χ1n) is 11.3. The predicted octanol–water partition coefficient (Wildman–Crippen LogP) is 3.97. The first-order valence-corrected chi connectivity index (χ1v) is 12.3. The van der Waals surface area contributed by atoms with Crippen molar-refractivity contribution in [2.45, 2.75) is 31.2 Å². The van der Waals surface area contributed by atoms with Crippen molar-refractivity contribution in [2.75, 3.05) is 16.4 Å². The first kappa shape index (κ1) is 25.3. The fraction of sp³-hybridized carbons (Fsp3) is 0.231. The Morgan fingerprint density at radius 3 is 2.75 bits per heavy atom. The van der Waals surface area contributed by atoms with Crippen molar-refractivity contribution in [3.63, 3.8) is 0 Å². The second-order valence-electron chi connectivity index (χ2n) is 8.30. The van der Waals surface area contributed by atoms with E-state index >= 15 is 0 Å². The predicted molar refractivity (Wildman–Crippen MR) is 137 cm³/mol. The molecule has 2 amide bonds. The number of halogens is 1. The van der Waals surface area contributed by atoms with Crippen molar-refractivity contribution in [3.8, 4) is 11.1 Å². The van der Waals surface area contributed by atoms with Crippen LogP contribution in [0.2, 0.25) is 0 Å². The lowest BCUT2D eigenvalue weighted by Gasteiger charge is -2.13. The molecular formula is C26H25FN4O4S. The van der Waals surface area contributed by atoms with Crippen molar-refractivity contribution in [3.05, 3.63) is 77.9 Å². The van der Waals surface area contributed by atoms with Gasteiger partial charge in [0.2, 0.25) is 5.91 Å². The molecule has 1 saturated heterocycles. The lowest BCUT2D eigenvalue weighted by molar-refractivity contribution is -0.140. The maximum atomic E-state index is 13.9. The highest BCUT2D eigenvalue weighted by atomic mass is 32.2. The number of cyclic esters (lactones) is 1. The molecule has 36 heavy (non-hydrogen) atoms. The Balaban J connectivity index is 1.48. The fourth-order valence-electron chi connectivity index (χ4n) is 3.83. The Morgan fingerprint density at radius 1 is 1.19 bits per heavy atom. The number of carbonyl (C=O) groups excluding carboxylic acids is 3. The van der Waals surface area contributed by atoms with Crippen LogP contribution >= 0.6 is 11.8 Å². The van der Waals surface area contributed by atoms with Crippen molar-refractivity contribution < 1.29 is 23.5 Å². The van der Waals surface area contributed by atoms with Crippen molar-refractivity contribution >= 4 is 40.9 Å². The van der Waals surface area contributed by atoms with E-state index in [0.717, 1.165) is 17.3 Å². The third kappa shape index (κ3) is 6.07. The van der Waals surface area contributed by atoms with Crippen LogP contribution in [0.5, 0.6) is 0 Å². The van der Waals surface area contributed by atoms with Crippen molar-refractivity contribution in [1.82, 2.24) is 4.98 Å². The van der Waals surface area contributed by atoms with Crippen molar-refractivity contribution in [1.29, 1.82) is 0 Å². The smallest absolute Gasteiger partial charge is 0.319 e. The van der Waals surface area contributed by atoms with Gasteiger partial charge in [-0.05, 0) is 53.9 Å². The minimum atomic E-state index is -0.634. The Morgan fingerprint density at radius 2 is 2.03 bits per heavy atom. The van der Waals surface area contributed by atoms with E-state index < -0.39 is 11.7 Å². The van der Waals surface area contributed by atoms with E-state index in [2.05, 4.69) is 15.6 Å². The number of nitrogens with one attached hydrogen (secondary N) is 2. The maximum Gasteiger partial charge on any atom is 0.319 e. The average molecular weight is 509 g/mol. The number of benzene rings is 2. The highest BCUT2D eigenvalue weighted by molar-refractivity contribution is 8.01. The van der Waals surface area contributed by atoms with Crippen LogP contribution in [0.15, 0.2) is 60.9 Å². The van der Waals surface area contributed by atoms with Crippen LogP contribution in [-0.4, -0.2) is 39.9 Å². The van der Waals surface area contributed by atoms with Crippen LogP contribution in [-0.2, 0) is 20.9 Å². The zero-order valence-corrected chi connectivity index (χ0v) is 20.3. The summed E-state index contributed by atoms with van der Waals surface area (Å²) in [4.78, 5) is 40.7. The Bertz CT molecular complexity index is 1300. The van der Waals surface area contributed by atoms with E-state index in [-0.39, 0.29) is 41.2 Å². The molecule has 0 spiro atoms. The summed E-state index contributed by atoms with van der Waals surface area (Å²) < 4.78 is 19.0. The van der Waals surface area contributed by atoms with E-state index in [9.17, 15) is 18.8 Å². The lowest BCUT2D eigenvalue weighted by Crippen LogP contribution is -2.18. The lowest BCUT2D eigenvalue weighted by atomic mass is 9.96. The van der Waals surface area contributed by atoms with E-state index in [4.69, 9.17) is 10.5 Å². The summed E-state index contributed by atoms with van der Waals surface area (Å²) >= 11 is 1.26. The molecule has 3 aromatic rings. The third-order valence-corrected chi connectivity index (χ3v) is 6.83. The van der Waals surface area contributed by atoms with Gasteiger partial charge in [-0.15, -0.1) is 11.8 Å². The van der Waals surface area contributed by atoms with Crippen LogP contribution < -0.4 is 16.4 Å². The van der Waals surface area contributed by atoms with E-state index in [0.29, 0.717) is 23.2 Å². The highest BCUT2D eigenvalue weighted by Crippen LogP contribution is 2.29. The van der Waals surface area contributed by atoms with Gasteiger partial charge in [-0.25, -0.2) is 4.39 Å². The number of rotatable bonds is 8. The van der Waals surface area contributed by atoms with E-state index in [1.165, 1.54) is 24.0 Å². The molecule has 0 saturated carbocycles. The van der Waals surface area contributed by atoms with Gasteiger partial charge < -0.3 is 21.1 Å². The van der Waals surface area contributed by atoms with Crippen LogP contribution in [0.1, 0.15) is 29.3 Å². The van der Waals surface area contributed by atoms with Gasteiger partial charge in [-0.2, -0.15) is 0 Å². The number of carbonyl (C=O) groups is 3. The van der Waals surface area contributed by atoms with Crippen LogP contribution in [0.3, 0.4) is 0 Å². The summed E-state index contributed by atoms with van der Waals surface area (Å²) in [7, 11) is 0. The second kappa shape index (κ2) is 11.3. The van der Waals surface area contributed by atoms with Crippen LogP contribution in [0, 0.1) is 5.82 Å². The number of pyridine rings is 1. The number of ether oxygens (including phenoxy) is 1. The van der Waals surface area contributed by atoms with Crippen molar-refractivity contribution in [2.24, 2.45) is 5.73 Å². The molecular weight excluding hydrogens is 483 g/mol. The maximum absolute atomic E-state index is 13.9. The normalized spacial score (nSPS) is 16.9. The number of hydrogen-bond acceptors (Lipinski definition) is 7. The van der Waals surface area contributed by atoms with Gasteiger partial charge in [0.25, 0.3) is 5.91 Å². The molecule has 2 heterocycles. The van der Waals surface area contributed by atoms with Gasteiger partial charge in [0.15, 0.2) is 5.82 Å².